The van der Waals surface area contributed by atoms with Gasteiger partial charge in [0.15, 0.2) is 5.65 Å². The number of hydrogen-bond donors (Lipinski definition) is 0. The highest BCUT2D eigenvalue weighted by Gasteiger charge is 2.36. The molecule has 0 aliphatic carbocycles. The van der Waals surface area contributed by atoms with Crippen LogP contribution in [-0.4, -0.2) is 55.4 Å². The maximum Gasteiger partial charge on any atom is 0.255 e. The normalized spacial score (nSPS) is 23.8. The van der Waals surface area contributed by atoms with Crippen LogP contribution in [0, 0.1) is 5.92 Å². The molecule has 0 unspecified atom stereocenters. The average Bonchev–Trinajstić information content (AvgIpc) is 3.18. The lowest BCUT2D eigenvalue weighted by Crippen LogP contribution is -2.48. The lowest BCUT2D eigenvalue weighted by atomic mass is 9.83. The minimum absolute atomic E-state index is 0.225. The summed E-state index contributed by atoms with van der Waals surface area (Å²) >= 11 is 0. The Balaban J connectivity index is 1.29. The summed E-state index contributed by atoms with van der Waals surface area (Å²) in [5.74, 6) is 1.77. The zero-order valence-electron chi connectivity index (χ0n) is 18.1. The second kappa shape index (κ2) is 7.44. The molecule has 3 aliphatic heterocycles. The largest absolute Gasteiger partial charge is 0.355 e. The fourth-order valence-corrected chi connectivity index (χ4v) is 5.84. The van der Waals surface area contributed by atoms with Crippen LogP contribution in [0.25, 0.3) is 11.0 Å². The summed E-state index contributed by atoms with van der Waals surface area (Å²) in [4.78, 5) is 27.1. The van der Waals surface area contributed by atoms with Gasteiger partial charge < -0.3 is 9.47 Å². The van der Waals surface area contributed by atoms with Crippen LogP contribution in [0.4, 0.5) is 5.82 Å². The van der Waals surface area contributed by atoms with E-state index in [1.165, 1.54) is 25.0 Å². The first-order valence-corrected chi connectivity index (χ1v) is 11.5. The van der Waals surface area contributed by atoms with Gasteiger partial charge >= 0.3 is 0 Å². The van der Waals surface area contributed by atoms with E-state index in [0.29, 0.717) is 11.8 Å². The molecule has 162 valence electrons. The first-order valence-electron chi connectivity index (χ1n) is 11.5. The zero-order chi connectivity index (χ0) is 20.9. The van der Waals surface area contributed by atoms with Gasteiger partial charge in [0.05, 0.1) is 11.6 Å². The highest BCUT2D eigenvalue weighted by Crippen LogP contribution is 2.38. The molecular weight excluding hydrogens is 390 g/mol. The first kappa shape index (κ1) is 19.0. The molecule has 3 aromatic rings. The lowest BCUT2D eigenvalue weighted by Gasteiger charge is -2.43. The molecule has 0 amide bonds. The van der Waals surface area contributed by atoms with E-state index >= 15 is 0 Å². The van der Waals surface area contributed by atoms with Crippen LogP contribution < -0.4 is 10.5 Å². The predicted molar refractivity (Wildman–Crippen MR) is 119 cm³/mol. The molecule has 2 fully saturated rings. The summed E-state index contributed by atoms with van der Waals surface area (Å²) in [6.07, 6.45) is 8.45. The molecule has 8 heteroatoms. The van der Waals surface area contributed by atoms with E-state index in [1.54, 1.807) is 11.0 Å². The van der Waals surface area contributed by atoms with Crippen molar-refractivity contribution in [3.05, 3.63) is 46.3 Å². The van der Waals surface area contributed by atoms with Gasteiger partial charge in [-0.2, -0.15) is 5.10 Å². The number of likely N-dealkylation sites (tertiary alicyclic amines) is 1. The van der Waals surface area contributed by atoms with Crippen molar-refractivity contribution in [3.63, 3.8) is 0 Å². The van der Waals surface area contributed by atoms with Crippen LogP contribution in [0.2, 0.25) is 0 Å². The topological polar surface area (TPSA) is 72.1 Å². The Labute approximate surface area is 181 Å². The number of fused-ring (bicyclic) bond motifs is 5. The molecule has 31 heavy (non-hydrogen) atoms. The number of aryl methyl sites for hydroxylation is 1. The quantitative estimate of drug-likeness (QED) is 0.648. The van der Waals surface area contributed by atoms with Gasteiger partial charge in [-0.05, 0) is 44.3 Å². The van der Waals surface area contributed by atoms with Crippen molar-refractivity contribution in [3.8, 4) is 0 Å². The van der Waals surface area contributed by atoms with Crippen LogP contribution in [0.3, 0.4) is 0 Å². The number of pyridine rings is 1. The molecule has 6 heterocycles. The Morgan fingerprint density at radius 2 is 1.94 bits per heavy atom. The van der Waals surface area contributed by atoms with E-state index in [4.69, 9.17) is 0 Å². The molecule has 3 aliphatic rings. The SMILES string of the molecule is Cn1ncc2c(N3C[C@@H]4C[C@H](C3)c3ccc(CN5CCCCC5)c(=O)n3C4)ncnc21. The van der Waals surface area contributed by atoms with Crippen LogP contribution >= 0.6 is 0 Å². The fraction of sp³-hybridized carbons (Fsp3) is 0.565. The fourth-order valence-electron chi connectivity index (χ4n) is 5.84. The van der Waals surface area contributed by atoms with E-state index in [-0.39, 0.29) is 5.56 Å². The highest BCUT2D eigenvalue weighted by molar-refractivity contribution is 5.86. The minimum atomic E-state index is 0.225. The van der Waals surface area contributed by atoms with Gasteiger partial charge in [-0.25, -0.2) is 9.97 Å². The average molecular weight is 420 g/mol. The van der Waals surface area contributed by atoms with Crippen molar-refractivity contribution in [1.29, 1.82) is 0 Å². The third-order valence-electron chi connectivity index (χ3n) is 7.33. The molecule has 2 saturated heterocycles. The van der Waals surface area contributed by atoms with Gasteiger partial charge in [0.2, 0.25) is 0 Å². The van der Waals surface area contributed by atoms with Crippen molar-refractivity contribution in [1.82, 2.24) is 29.2 Å². The van der Waals surface area contributed by atoms with Gasteiger partial charge in [0, 0.05) is 50.4 Å². The number of nitrogens with zero attached hydrogens (tertiary/aromatic N) is 7. The van der Waals surface area contributed by atoms with Crippen molar-refractivity contribution in [2.24, 2.45) is 13.0 Å². The van der Waals surface area contributed by atoms with E-state index in [2.05, 4.69) is 41.6 Å². The third kappa shape index (κ3) is 3.24. The van der Waals surface area contributed by atoms with E-state index in [9.17, 15) is 4.79 Å². The number of aromatic nitrogens is 5. The molecule has 8 nitrogen and oxygen atoms in total. The molecule has 0 spiro atoms. The van der Waals surface area contributed by atoms with Gasteiger partial charge in [-0.15, -0.1) is 0 Å². The molecule has 0 aromatic carbocycles. The molecule has 0 saturated carbocycles. The Morgan fingerprint density at radius 1 is 1.06 bits per heavy atom. The van der Waals surface area contributed by atoms with Crippen LogP contribution in [-0.2, 0) is 20.1 Å². The van der Waals surface area contributed by atoms with Crippen molar-refractivity contribution in [2.75, 3.05) is 31.1 Å². The molecule has 2 bridgehead atoms. The second-order valence-corrected chi connectivity index (χ2v) is 9.44. The number of anilines is 1. The molecular formula is C23H29N7O. The standard InChI is InChI=1S/C23H29N7O/c1-27-21-19(10-26-27)22(25-15-24-21)29-11-16-9-18(14-29)20-6-5-17(23(31)30(20)12-16)13-28-7-3-2-4-8-28/h5-6,10,15-16,18H,2-4,7-9,11-14H2,1H3/t16-,18+/m0/s1. The molecule has 6 rings (SSSR count). The lowest BCUT2D eigenvalue weighted by molar-refractivity contribution is 0.218. The molecule has 2 atom stereocenters. The number of piperidine rings is 2. The molecule has 3 aromatic heterocycles. The Kier molecular flexibility index (Phi) is 4.56. The Bertz CT molecular complexity index is 1180. The second-order valence-electron chi connectivity index (χ2n) is 9.44. The van der Waals surface area contributed by atoms with Gasteiger partial charge in [-0.1, -0.05) is 12.5 Å². The smallest absolute Gasteiger partial charge is 0.255 e. The highest BCUT2D eigenvalue weighted by atomic mass is 16.1. The zero-order valence-corrected chi connectivity index (χ0v) is 18.1. The maximum absolute atomic E-state index is 13.3. The predicted octanol–water partition coefficient (Wildman–Crippen LogP) is 2.13. The summed E-state index contributed by atoms with van der Waals surface area (Å²) in [5, 5.41) is 5.37. The van der Waals surface area contributed by atoms with Crippen LogP contribution in [0.15, 0.2) is 29.5 Å². The van der Waals surface area contributed by atoms with Crippen molar-refractivity contribution < 1.29 is 0 Å². The van der Waals surface area contributed by atoms with Crippen LogP contribution in [0.1, 0.15) is 42.9 Å². The van der Waals surface area contributed by atoms with Crippen molar-refractivity contribution >= 4 is 16.9 Å². The van der Waals surface area contributed by atoms with Gasteiger partial charge in [0.25, 0.3) is 5.56 Å². The van der Waals surface area contributed by atoms with Gasteiger partial charge in [0.1, 0.15) is 12.1 Å². The summed E-state index contributed by atoms with van der Waals surface area (Å²) in [6.45, 7) is 5.62. The maximum atomic E-state index is 13.3. The Hall–Kier alpha value is -2.74. The van der Waals surface area contributed by atoms with E-state index < -0.39 is 0 Å². The molecule has 0 N–H and O–H groups in total. The van der Waals surface area contributed by atoms with E-state index in [0.717, 1.165) is 68.1 Å². The summed E-state index contributed by atoms with van der Waals surface area (Å²) in [7, 11) is 1.91. The number of rotatable bonds is 3. The number of hydrogen-bond acceptors (Lipinski definition) is 6. The monoisotopic (exact) mass is 419 g/mol. The summed E-state index contributed by atoms with van der Waals surface area (Å²) < 4.78 is 3.87. The van der Waals surface area contributed by atoms with E-state index in [1.807, 2.05) is 13.2 Å². The third-order valence-corrected chi connectivity index (χ3v) is 7.33. The van der Waals surface area contributed by atoms with Gasteiger partial charge in [-0.3, -0.25) is 14.4 Å². The van der Waals surface area contributed by atoms with Crippen molar-refractivity contribution in [2.45, 2.75) is 44.7 Å². The Morgan fingerprint density at radius 3 is 2.81 bits per heavy atom. The van der Waals surface area contributed by atoms with Crippen LogP contribution in [0.5, 0.6) is 0 Å². The minimum Gasteiger partial charge on any atom is -0.355 e. The summed E-state index contributed by atoms with van der Waals surface area (Å²) in [5.41, 5.74) is 3.22. The molecule has 0 radical (unpaired) electrons. The first-order chi connectivity index (χ1) is 15.2. The summed E-state index contributed by atoms with van der Waals surface area (Å²) in [6, 6.07) is 4.30.